The third kappa shape index (κ3) is 2.76. The largest absolute Gasteiger partial charge is 0.493 e. The molecule has 146 valence electrons. The van der Waals surface area contributed by atoms with Crippen LogP contribution in [0.2, 0.25) is 5.02 Å². The molecule has 0 N–H and O–H groups in total. The number of hydrogen-bond donors (Lipinski definition) is 0. The van der Waals surface area contributed by atoms with E-state index in [1.54, 1.807) is 7.11 Å². The summed E-state index contributed by atoms with van der Waals surface area (Å²) in [5, 5.41) is 8.06. The highest BCUT2D eigenvalue weighted by molar-refractivity contribution is 6.30. The van der Waals surface area contributed by atoms with E-state index in [9.17, 15) is 0 Å². The summed E-state index contributed by atoms with van der Waals surface area (Å²) in [6, 6.07) is 14.3. The van der Waals surface area contributed by atoms with Gasteiger partial charge in [0.1, 0.15) is 0 Å². The van der Waals surface area contributed by atoms with Gasteiger partial charge in [0.2, 0.25) is 5.72 Å². The van der Waals surface area contributed by atoms with Crippen LogP contribution in [0.3, 0.4) is 0 Å². The zero-order chi connectivity index (χ0) is 19.3. The minimum atomic E-state index is -0.424. The molecule has 5 nitrogen and oxygen atoms in total. The van der Waals surface area contributed by atoms with Crippen molar-refractivity contribution in [2.75, 3.05) is 27.2 Å². The second-order valence-corrected chi connectivity index (χ2v) is 8.28. The first-order valence-corrected chi connectivity index (χ1v) is 10.1. The van der Waals surface area contributed by atoms with Crippen LogP contribution >= 0.6 is 11.6 Å². The molecule has 5 rings (SSSR count). The molecule has 1 atom stereocenters. The van der Waals surface area contributed by atoms with Gasteiger partial charge in [-0.2, -0.15) is 5.10 Å². The molecule has 6 heteroatoms. The maximum absolute atomic E-state index is 6.69. The fourth-order valence-electron chi connectivity index (χ4n) is 4.55. The number of rotatable bonds is 2. The van der Waals surface area contributed by atoms with E-state index >= 15 is 0 Å². The highest BCUT2D eigenvalue weighted by Crippen LogP contribution is 2.52. The monoisotopic (exact) mass is 397 g/mol. The number of benzene rings is 2. The standard InChI is InChI=1S/C22H24ClN3O2/c1-25-12-10-22(11-13-25)26-19(17-4-3-5-20(27-2)21(17)28-22)14-18(24-26)15-6-8-16(23)9-7-15/h3-9,19H,10-14H2,1-2H3/t19-/m1/s1. The lowest BCUT2D eigenvalue weighted by Gasteiger charge is -2.50. The van der Waals surface area contributed by atoms with Gasteiger partial charge in [-0.1, -0.05) is 35.9 Å². The Morgan fingerprint density at radius 3 is 2.61 bits per heavy atom. The Hall–Kier alpha value is -2.24. The van der Waals surface area contributed by atoms with Crippen molar-refractivity contribution in [1.29, 1.82) is 0 Å². The predicted octanol–water partition coefficient (Wildman–Crippen LogP) is 4.31. The van der Waals surface area contributed by atoms with E-state index in [1.165, 1.54) is 0 Å². The van der Waals surface area contributed by atoms with Crippen LogP contribution in [0.25, 0.3) is 0 Å². The molecule has 3 aliphatic rings. The van der Waals surface area contributed by atoms with Crippen molar-refractivity contribution in [2.45, 2.75) is 31.0 Å². The summed E-state index contributed by atoms with van der Waals surface area (Å²) in [6.45, 7) is 1.97. The summed E-state index contributed by atoms with van der Waals surface area (Å²) in [7, 11) is 3.87. The molecule has 1 fully saturated rings. The van der Waals surface area contributed by atoms with Crippen molar-refractivity contribution >= 4 is 17.3 Å². The number of methoxy groups -OCH3 is 1. The molecule has 1 spiro atoms. The molecule has 0 bridgehead atoms. The van der Waals surface area contributed by atoms with Gasteiger partial charge < -0.3 is 14.4 Å². The maximum Gasteiger partial charge on any atom is 0.200 e. The van der Waals surface area contributed by atoms with Gasteiger partial charge in [-0.05, 0) is 30.8 Å². The van der Waals surface area contributed by atoms with Gasteiger partial charge in [0.25, 0.3) is 0 Å². The lowest BCUT2D eigenvalue weighted by Crippen LogP contribution is -2.58. The first-order chi connectivity index (χ1) is 13.6. The Morgan fingerprint density at radius 1 is 1.14 bits per heavy atom. The van der Waals surface area contributed by atoms with E-state index in [1.807, 2.05) is 36.4 Å². The number of fused-ring (bicyclic) bond motifs is 4. The van der Waals surface area contributed by atoms with Gasteiger partial charge in [0.15, 0.2) is 11.5 Å². The van der Waals surface area contributed by atoms with Crippen LogP contribution in [0.5, 0.6) is 11.5 Å². The first-order valence-electron chi connectivity index (χ1n) is 9.77. The van der Waals surface area contributed by atoms with E-state index in [-0.39, 0.29) is 6.04 Å². The van der Waals surface area contributed by atoms with Gasteiger partial charge >= 0.3 is 0 Å². The van der Waals surface area contributed by atoms with Gasteiger partial charge in [0, 0.05) is 42.9 Å². The normalized spacial score (nSPS) is 23.0. The van der Waals surface area contributed by atoms with Crippen molar-refractivity contribution in [2.24, 2.45) is 5.10 Å². The van der Waals surface area contributed by atoms with Crippen LogP contribution < -0.4 is 9.47 Å². The van der Waals surface area contributed by atoms with Crippen molar-refractivity contribution < 1.29 is 9.47 Å². The second kappa shape index (κ2) is 6.68. The third-order valence-corrected chi connectivity index (χ3v) is 6.41. The summed E-state index contributed by atoms with van der Waals surface area (Å²) < 4.78 is 12.3. The van der Waals surface area contributed by atoms with E-state index in [4.69, 9.17) is 26.2 Å². The molecule has 0 amide bonds. The molecule has 3 aliphatic heterocycles. The predicted molar refractivity (Wildman–Crippen MR) is 110 cm³/mol. The Balaban J connectivity index is 1.60. The quantitative estimate of drug-likeness (QED) is 0.756. The summed E-state index contributed by atoms with van der Waals surface area (Å²) in [6.07, 6.45) is 2.67. The van der Waals surface area contributed by atoms with E-state index in [0.29, 0.717) is 0 Å². The molecule has 0 aromatic heterocycles. The number of likely N-dealkylation sites (tertiary alicyclic amines) is 1. The van der Waals surface area contributed by atoms with Crippen LogP contribution in [0.4, 0.5) is 0 Å². The minimum Gasteiger partial charge on any atom is -0.493 e. The number of halogens is 1. The Kier molecular flexibility index (Phi) is 4.25. The van der Waals surface area contributed by atoms with E-state index in [0.717, 1.165) is 65.7 Å². The number of hydrogen-bond acceptors (Lipinski definition) is 5. The Morgan fingerprint density at radius 2 is 1.89 bits per heavy atom. The molecule has 0 aliphatic carbocycles. The molecule has 2 aromatic rings. The van der Waals surface area contributed by atoms with Crippen molar-refractivity contribution in [3.05, 3.63) is 58.6 Å². The number of ether oxygens (including phenoxy) is 2. The van der Waals surface area contributed by atoms with Gasteiger partial charge in [-0.25, -0.2) is 5.01 Å². The van der Waals surface area contributed by atoms with Crippen molar-refractivity contribution in [1.82, 2.24) is 9.91 Å². The molecule has 0 unspecified atom stereocenters. The lowest BCUT2D eigenvalue weighted by molar-refractivity contribution is -0.148. The summed E-state index contributed by atoms with van der Waals surface area (Å²) in [5.41, 5.74) is 2.93. The molecule has 28 heavy (non-hydrogen) atoms. The molecule has 2 aromatic carbocycles. The molecule has 1 saturated heterocycles. The number of hydrazone groups is 1. The topological polar surface area (TPSA) is 37.3 Å². The average Bonchev–Trinajstić information content (AvgIpc) is 3.17. The summed E-state index contributed by atoms with van der Waals surface area (Å²) in [5.74, 6) is 1.68. The number of piperidine rings is 1. The zero-order valence-corrected chi connectivity index (χ0v) is 16.9. The van der Waals surface area contributed by atoms with Crippen molar-refractivity contribution in [3.63, 3.8) is 0 Å². The zero-order valence-electron chi connectivity index (χ0n) is 16.2. The molecular formula is C22H24ClN3O2. The maximum atomic E-state index is 6.69. The molecule has 0 radical (unpaired) electrons. The summed E-state index contributed by atoms with van der Waals surface area (Å²) in [4.78, 5) is 2.35. The summed E-state index contributed by atoms with van der Waals surface area (Å²) >= 11 is 6.08. The highest BCUT2D eigenvalue weighted by atomic mass is 35.5. The lowest BCUT2D eigenvalue weighted by atomic mass is 9.90. The first kappa shape index (κ1) is 17.8. The van der Waals surface area contributed by atoms with Crippen LogP contribution in [0.1, 0.15) is 36.4 Å². The van der Waals surface area contributed by atoms with Crippen LogP contribution in [0, 0.1) is 0 Å². The van der Waals surface area contributed by atoms with Gasteiger partial charge in [-0.3, -0.25) is 0 Å². The molecule has 0 saturated carbocycles. The van der Waals surface area contributed by atoms with Crippen LogP contribution in [0.15, 0.2) is 47.6 Å². The highest BCUT2D eigenvalue weighted by Gasteiger charge is 2.52. The SMILES string of the molecule is COc1cccc2c1OC1(CCN(C)CC1)N1N=C(c3ccc(Cl)cc3)C[C@H]21. The fourth-order valence-corrected chi connectivity index (χ4v) is 4.67. The van der Waals surface area contributed by atoms with E-state index < -0.39 is 5.72 Å². The van der Waals surface area contributed by atoms with Crippen LogP contribution in [-0.4, -0.2) is 48.6 Å². The molecular weight excluding hydrogens is 374 g/mol. The fraction of sp³-hybridized carbons (Fsp3) is 0.409. The van der Waals surface area contributed by atoms with Crippen LogP contribution in [-0.2, 0) is 0 Å². The number of nitrogens with zero attached hydrogens (tertiary/aromatic N) is 3. The minimum absolute atomic E-state index is 0.160. The van der Waals surface area contributed by atoms with Crippen molar-refractivity contribution in [3.8, 4) is 11.5 Å². The van der Waals surface area contributed by atoms with E-state index in [2.05, 4.69) is 23.0 Å². The number of para-hydroxylation sites is 1. The third-order valence-electron chi connectivity index (χ3n) is 6.15. The van der Waals surface area contributed by atoms with Gasteiger partial charge in [0.05, 0.1) is 18.9 Å². The van der Waals surface area contributed by atoms with Gasteiger partial charge in [-0.15, -0.1) is 0 Å². The average molecular weight is 398 g/mol. The smallest absolute Gasteiger partial charge is 0.200 e. The Bertz CT molecular complexity index is 920. The second-order valence-electron chi connectivity index (χ2n) is 7.85. The Labute approximate surface area is 170 Å². The molecule has 3 heterocycles.